The molecule has 2 heterocycles. The molecule has 2 atom stereocenters. The van der Waals surface area contributed by atoms with Crippen LogP contribution in [0, 0.1) is 5.92 Å². The Kier molecular flexibility index (Phi) is 5.29. The Morgan fingerprint density at radius 3 is 2.95 bits per heavy atom. The Morgan fingerprint density at radius 1 is 1.27 bits per heavy atom. The molecule has 0 amide bonds. The van der Waals surface area contributed by atoms with Crippen molar-refractivity contribution in [1.82, 2.24) is 9.97 Å². The van der Waals surface area contributed by atoms with E-state index in [0.29, 0.717) is 12.0 Å². The highest BCUT2D eigenvalue weighted by Crippen LogP contribution is 2.22. The molecular weight excluding hydrogens is 294 g/mol. The van der Waals surface area contributed by atoms with E-state index in [9.17, 15) is 0 Å². The van der Waals surface area contributed by atoms with Crippen molar-refractivity contribution in [3.63, 3.8) is 0 Å². The van der Waals surface area contributed by atoms with Crippen molar-refractivity contribution in [3.05, 3.63) is 48.2 Å². The molecule has 116 valence electrons. The van der Waals surface area contributed by atoms with Gasteiger partial charge < -0.3 is 10.1 Å². The first-order chi connectivity index (χ1) is 10.8. The first-order valence-electron chi connectivity index (χ1n) is 7.65. The van der Waals surface area contributed by atoms with Crippen LogP contribution < -0.4 is 5.32 Å². The van der Waals surface area contributed by atoms with Gasteiger partial charge in [-0.3, -0.25) is 0 Å². The van der Waals surface area contributed by atoms with Crippen LogP contribution in [0.4, 0.5) is 5.95 Å². The summed E-state index contributed by atoms with van der Waals surface area (Å²) in [6.45, 7) is 3.81. The number of hydrogen-bond acceptors (Lipinski definition) is 5. The molecule has 1 aromatic carbocycles. The Balaban J connectivity index is 1.60. The van der Waals surface area contributed by atoms with Crippen LogP contribution in [0.1, 0.15) is 18.9 Å². The van der Waals surface area contributed by atoms with E-state index in [2.05, 4.69) is 46.5 Å². The van der Waals surface area contributed by atoms with Gasteiger partial charge in [-0.05, 0) is 24.0 Å². The lowest BCUT2D eigenvalue weighted by Crippen LogP contribution is -2.36. The molecule has 4 nitrogen and oxygen atoms in total. The van der Waals surface area contributed by atoms with Gasteiger partial charge in [-0.15, -0.1) is 11.8 Å². The van der Waals surface area contributed by atoms with E-state index in [-0.39, 0.29) is 0 Å². The lowest BCUT2D eigenvalue weighted by Gasteiger charge is -2.29. The van der Waals surface area contributed by atoms with Crippen LogP contribution in [0.15, 0.2) is 47.6 Å². The van der Waals surface area contributed by atoms with Crippen molar-refractivity contribution in [3.8, 4) is 0 Å². The van der Waals surface area contributed by atoms with Gasteiger partial charge in [0.05, 0.1) is 6.61 Å². The van der Waals surface area contributed by atoms with Gasteiger partial charge in [0.25, 0.3) is 0 Å². The van der Waals surface area contributed by atoms with Crippen LogP contribution in [-0.4, -0.2) is 29.2 Å². The second-order valence-electron chi connectivity index (χ2n) is 5.58. The quantitative estimate of drug-likeness (QED) is 0.675. The molecule has 1 aromatic heterocycles. The molecule has 22 heavy (non-hydrogen) atoms. The third-order valence-corrected chi connectivity index (χ3v) is 4.82. The number of benzene rings is 1. The fourth-order valence-electron chi connectivity index (χ4n) is 2.48. The van der Waals surface area contributed by atoms with Crippen molar-refractivity contribution in [1.29, 1.82) is 0 Å². The van der Waals surface area contributed by atoms with Crippen LogP contribution in [0.2, 0.25) is 0 Å². The maximum atomic E-state index is 5.48. The molecule has 3 rings (SSSR count). The van der Waals surface area contributed by atoms with Crippen LogP contribution in [0.25, 0.3) is 0 Å². The summed E-state index contributed by atoms with van der Waals surface area (Å²) < 4.78 is 5.48. The molecule has 2 aromatic rings. The first kappa shape index (κ1) is 15.3. The Hall–Kier alpha value is -1.59. The SMILES string of the molecule is CC1COCCC1Nc1nccc(SCc2ccccc2)n1. The number of nitrogens with zero attached hydrogens (tertiary/aromatic N) is 2. The third kappa shape index (κ3) is 4.21. The maximum Gasteiger partial charge on any atom is 0.223 e. The zero-order valence-corrected chi connectivity index (χ0v) is 13.6. The van der Waals surface area contributed by atoms with E-state index >= 15 is 0 Å². The van der Waals surface area contributed by atoms with E-state index in [4.69, 9.17) is 4.74 Å². The van der Waals surface area contributed by atoms with Gasteiger partial charge in [-0.25, -0.2) is 9.97 Å². The number of ether oxygens (including phenoxy) is 1. The molecule has 0 bridgehead atoms. The van der Waals surface area contributed by atoms with Gasteiger partial charge >= 0.3 is 0 Å². The molecule has 1 saturated heterocycles. The summed E-state index contributed by atoms with van der Waals surface area (Å²) in [5, 5.41) is 4.45. The van der Waals surface area contributed by atoms with Crippen molar-refractivity contribution >= 4 is 17.7 Å². The second-order valence-corrected chi connectivity index (χ2v) is 6.58. The molecule has 5 heteroatoms. The van der Waals surface area contributed by atoms with Gasteiger partial charge in [0.15, 0.2) is 0 Å². The highest BCUT2D eigenvalue weighted by molar-refractivity contribution is 7.98. The van der Waals surface area contributed by atoms with E-state index in [0.717, 1.165) is 36.4 Å². The fraction of sp³-hybridized carbons (Fsp3) is 0.412. The zero-order chi connectivity index (χ0) is 15.2. The summed E-state index contributed by atoms with van der Waals surface area (Å²) >= 11 is 1.73. The van der Waals surface area contributed by atoms with Crippen LogP contribution >= 0.6 is 11.8 Å². The molecule has 1 N–H and O–H groups in total. The standard InChI is InChI=1S/C17H21N3OS/c1-13-11-21-10-8-15(13)19-17-18-9-7-16(20-17)22-12-14-5-3-2-4-6-14/h2-7,9,13,15H,8,10-12H2,1H3,(H,18,19,20). The first-order valence-corrected chi connectivity index (χ1v) is 8.64. The lowest BCUT2D eigenvalue weighted by atomic mass is 9.98. The molecule has 2 unspecified atom stereocenters. The van der Waals surface area contributed by atoms with Gasteiger partial charge in [-0.2, -0.15) is 0 Å². The van der Waals surface area contributed by atoms with E-state index in [1.54, 1.807) is 11.8 Å². The normalized spacial score (nSPS) is 21.5. The topological polar surface area (TPSA) is 47.0 Å². The van der Waals surface area contributed by atoms with E-state index in [1.807, 2.05) is 18.3 Å². The molecule has 1 aliphatic heterocycles. The second kappa shape index (κ2) is 7.61. The van der Waals surface area contributed by atoms with Gasteiger partial charge in [0, 0.05) is 24.6 Å². The van der Waals surface area contributed by atoms with Gasteiger partial charge in [0.2, 0.25) is 5.95 Å². The summed E-state index contributed by atoms with van der Waals surface area (Å²) in [6, 6.07) is 12.8. The summed E-state index contributed by atoms with van der Waals surface area (Å²) in [4.78, 5) is 8.96. The largest absolute Gasteiger partial charge is 0.381 e. The Labute approximate surface area is 135 Å². The molecule has 0 aliphatic carbocycles. The fourth-order valence-corrected chi connectivity index (χ4v) is 3.30. The third-order valence-electron chi connectivity index (χ3n) is 3.81. The predicted molar refractivity (Wildman–Crippen MR) is 90.0 cm³/mol. The van der Waals surface area contributed by atoms with Crippen molar-refractivity contribution in [2.24, 2.45) is 5.92 Å². The van der Waals surface area contributed by atoms with E-state index < -0.39 is 0 Å². The monoisotopic (exact) mass is 315 g/mol. The Bertz CT molecular complexity index is 593. The molecule has 0 saturated carbocycles. The Morgan fingerprint density at radius 2 is 2.14 bits per heavy atom. The minimum Gasteiger partial charge on any atom is -0.381 e. The number of hydrogen-bond donors (Lipinski definition) is 1. The number of thioether (sulfide) groups is 1. The van der Waals surface area contributed by atoms with Gasteiger partial charge in [-0.1, -0.05) is 37.3 Å². The predicted octanol–water partition coefficient (Wildman–Crippen LogP) is 3.61. The minimum atomic E-state index is 0.392. The average molecular weight is 315 g/mol. The summed E-state index contributed by atoms with van der Waals surface area (Å²) in [6.07, 6.45) is 2.83. The summed E-state index contributed by atoms with van der Waals surface area (Å²) in [5.74, 6) is 2.13. The summed E-state index contributed by atoms with van der Waals surface area (Å²) in [5.41, 5.74) is 1.30. The molecule has 0 radical (unpaired) electrons. The smallest absolute Gasteiger partial charge is 0.223 e. The molecule has 1 aliphatic rings. The van der Waals surface area contributed by atoms with Crippen molar-refractivity contribution < 1.29 is 4.74 Å². The number of rotatable bonds is 5. The van der Waals surface area contributed by atoms with Crippen LogP contribution in [-0.2, 0) is 10.5 Å². The maximum absolute atomic E-state index is 5.48. The highest BCUT2D eigenvalue weighted by Gasteiger charge is 2.22. The van der Waals surface area contributed by atoms with Crippen LogP contribution in [0.3, 0.4) is 0 Å². The molecule has 0 spiro atoms. The van der Waals surface area contributed by atoms with E-state index in [1.165, 1.54) is 5.56 Å². The van der Waals surface area contributed by atoms with Crippen molar-refractivity contribution in [2.75, 3.05) is 18.5 Å². The zero-order valence-electron chi connectivity index (χ0n) is 12.7. The number of nitrogens with one attached hydrogen (secondary N) is 1. The molecule has 1 fully saturated rings. The minimum absolute atomic E-state index is 0.392. The average Bonchev–Trinajstić information content (AvgIpc) is 2.57. The highest BCUT2D eigenvalue weighted by atomic mass is 32.2. The van der Waals surface area contributed by atoms with Gasteiger partial charge in [0.1, 0.15) is 5.03 Å². The van der Waals surface area contributed by atoms with Crippen molar-refractivity contribution in [2.45, 2.75) is 30.2 Å². The number of anilines is 1. The van der Waals surface area contributed by atoms with Crippen LogP contribution in [0.5, 0.6) is 0 Å². The number of aromatic nitrogens is 2. The molecular formula is C17H21N3OS. The lowest BCUT2D eigenvalue weighted by molar-refractivity contribution is 0.0536. The summed E-state index contributed by atoms with van der Waals surface area (Å²) in [7, 11) is 0.